The summed E-state index contributed by atoms with van der Waals surface area (Å²) in [6.07, 6.45) is 5.95. The van der Waals surface area contributed by atoms with Crippen molar-refractivity contribution in [3.63, 3.8) is 0 Å². The quantitative estimate of drug-likeness (QED) is 0.407. The van der Waals surface area contributed by atoms with Gasteiger partial charge < -0.3 is 4.74 Å². The fourth-order valence-corrected chi connectivity index (χ4v) is 0.454. The zero-order chi connectivity index (χ0) is 7.66. The summed E-state index contributed by atoms with van der Waals surface area (Å²) in [5.74, 6) is 0. The molecule has 0 heterocycles. The Hall–Kier alpha value is -0.600. The molecule has 2 heteroatoms. The topological polar surface area (TPSA) is 29.1 Å². The third kappa shape index (κ3) is 7.40. The second kappa shape index (κ2) is 8.40. The fraction of sp³-hybridized carbons (Fsp3) is 0.500. The maximum absolute atomic E-state index is 9.86. The Kier molecular flexibility index (Phi) is 7.90. The van der Waals surface area contributed by atoms with Gasteiger partial charge in [0.25, 0.3) is 0 Å². The number of hydrogen-bond acceptors (Lipinski definition) is 1. The van der Waals surface area contributed by atoms with Crippen molar-refractivity contribution in [2.75, 3.05) is 19.8 Å². The predicted octanol–water partition coefficient (Wildman–Crippen LogP) is 1.57. The molecule has 0 aliphatic carbocycles. The van der Waals surface area contributed by atoms with Crippen molar-refractivity contribution < 1.29 is 9.84 Å². The lowest BCUT2D eigenvalue weighted by atomic mass is 10.4. The van der Waals surface area contributed by atoms with Gasteiger partial charge in [-0.15, -0.1) is 6.58 Å². The first-order valence-electron chi connectivity index (χ1n) is 3.33. The van der Waals surface area contributed by atoms with Crippen LogP contribution in [-0.2, 0) is 9.84 Å². The van der Waals surface area contributed by atoms with Crippen LogP contribution in [0, 0.1) is 0 Å². The van der Waals surface area contributed by atoms with Crippen LogP contribution in [0.3, 0.4) is 0 Å². The highest BCUT2D eigenvalue weighted by Gasteiger charge is 1.79. The minimum Gasteiger partial charge on any atom is -0.377 e. The highest BCUT2D eigenvalue weighted by molar-refractivity contribution is 4.80. The lowest BCUT2D eigenvalue weighted by molar-refractivity contribution is 0.166. The third-order valence-corrected chi connectivity index (χ3v) is 0.943. The van der Waals surface area contributed by atoms with E-state index < -0.39 is 0 Å². The SMILES string of the molecule is C=CCCOCC=CC[O]. The van der Waals surface area contributed by atoms with Gasteiger partial charge in [-0.2, -0.15) is 0 Å². The van der Waals surface area contributed by atoms with Crippen molar-refractivity contribution in [3.8, 4) is 0 Å². The monoisotopic (exact) mass is 141 g/mol. The first-order chi connectivity index (χ1) is 4.91. The van der Waals surface area contributed by atoms with Gasteiger partial charge in [-0.3, -0.25) is 0 Å². The van der Waals surface area contributed by atoms with Gasteiger partial charge in [0.05, 0.1) is 13.2 Å². The van der Waals surface area contributed by atoms with Gasteiger partial charge in [0.2, 0.25) is 0 Å². The Morgan fingerprint density at radius 2 is 2.20 bits per heavy atom. The molecule has 0 fully saturated rings. The standard InChI is InChI=1S/C8H13O2/c1-2-3-7-10-8-5-4-6-9/h2,4-5H,1,3,6-8H2. The van der Waals surface area contributed by atoms with Crippen molar-refractivity contribution in [2.45, 2.75) is 6.42 Å². The van der Waals surface area contributed by atoms with Gasteiger partial charge in [-0.05, 0) is 6.42 Å². The van der Waals surface area contributed by atoms with Gasteiger partial charge in [0, 0.05) is 0 Å². The van der Waals surface area contributed by atoms with Gasteiger partial charge in [-0.1, -0.05) is 18.2 Å². The van der Waals surface area contributed by atoms with Crippen LogP contribution >= 0.6 is 0 Å². The third-order valence-electron chi connectivity index (χ3n) is 0.943. The summed E-state index contributed by atoms with van der Waals surface area (Å²) in [6.45, 7) is 4.61. The second-order valence-corrected chi connectivity index (χ2v) is 1.79. The Bertz CT molecular complexity index is 97.4. The molecule has 0 amide bonds. The maximum Gasteiger partial charge on any atom is 0.100 e. The van der Waals surface area contributed by atoms with E-state index in [4.69, 9.17) is 4.74 Å². The van der Waals surface area contributed by atoms with E-state index in [1.807, 2.05) is 0 Å². The Labute approximate surface area is 61.8 Å². The molecule has 0 atom stereocenters. The van der Waals surface area contributed by atoms with Crippen molar-refractivity contribution in [1.82, 2.24) is 0 Å². The normalized spacial score (nSPS) is 10.5. The highest BCUT2D eigenvalue weighted by atomic mass is 16.5. The molecule has 0 bridgehead atoms. The van der Waals surface area contributed by atoms with E-state index in [1.54, 1.807) is 18.2 Å². The minimum atomic E-state index is -0.162. The smallest absolute Gasteiger partial charge is 0.100 e. The summed E-state index contributed by atoms with van der Waals surface area (Å²) in [5.41, 5.74) is 0. The lowest BCUT2D eigenvalue weighted by Gasteiger charge is -1.94. The number of ether oxygens (including phenoxy) is 1. The minimum absolute atomic E-state index is 0.162. The Morgan fingerprint density at radius 3 is 2.80 bits per heavy atom. The molecule has 0 aromatic rings. The fourth-order valence-electron chi connectivity index (χ4n) is 0.454. The largest absolute Gasteiger partial charge is 0.377 e. The molecule has 2 nitrogen and oxygen atoms in total. The van der Waals surface area contributed by atoms with Gasteiger partial charge >= 0.3 is 0 Å². The summed E-state index contributed by atoms with van der Waals surface area (Å²) in [6, 6.07) is 0. The second-order valence-electron chi connectivity index (χ2n) is 1.79. The van der Waals surface area contributed by atoms with Gasteiger partial charge in [-0.25, -0.2) is 5.11 Å². The average molecular weight is 141 g/mol. The van der Waals surface area contributed by atoms with Crippen LogP contribution in [0.4, 0.5) is 0 Å². The maximum atomic E-state index is 9.86. The van der Waals surface area contributed by atoms with Gasteiger partial charge in [0.1, 0.15) is 6.61 Å². The lowest BCUT2D eigenvalue weighted by Crippen LogP contribution is -1.92. The zero-order valence-corrected chi connectivity index (χ0v) is 6.08. The molecule has 0 aliphatic rings. The molecule has 57 valence electrons. The molecule has 0 aliphatic heterocycles. The molecular formula is C8H13O2. The van der Waals surface area contributed by atoms with E-state index in [-0.39, 0.29) is 6.61 Å². The summed E-state index contributed by atoms with van der Waals surface area (Å²) in [7, 11) is 0. The molecule has 1 radical (unpaired) electrons. The van der Waals surface area contributed by atoms with Crippen molar-refractivity contribution >= 4 is 0 Å². The van der Waals surface area contributed by atoms with E-state index >= 15 is 0 Å². The molecule has 0 saturated carbocycles. The molecule has 0 N–H and O–H groups in total. The number of rotatable bonds is 6. The summed E-state index contributed by atoms with van der Waals surface area (Å²) in [5, 5.41) is 9.86. The van der Waals surface area contributed by atoms with Crippen LogP contribution in [0.2, 0.25) is 0 Å². The van der Waals surface area contributed by atoms with Crippen molar-refractivity contribution in [1.29, 1.82) is 0 Å². The average Bonchev–Trinajstić information content (AvgIpc) is 1.97. The molecule has 0 aromatic carbocycles. The van der Waals surface area contributed by atoms with Crippen LogP contribution in [0.1, 0.15) is 6.42 Å². The van der Waals surface area contributed by atoms with Crippen molar-refractivity contribution in [3.05, 3.63) is 24.8 Å². The van der Waals surface area contributed by atoms with Gasteiger partial charge in [0.15, 0.2) is 0 Å². The number of hydrogen-bond donors (Lipinski definition) is 0. The molecule has 0 unspecified atom stereocenters. The summed E-state index contributed by atoms with van der Waals surface area (Å²) >= 11 is 0. The molecule has 0 rings (SSSR count). The van der Waals surface area contributed by atoms with E-state index in [0.29, 0.717) is 13.2 Å². The van der Waals surface area contributed by atoms with Crippen LogP contribution in [0.15, 0.2) is 24.8 Å². The Morgan fingerprint density at radius 1 is 1.40 bits per heavy atom. The first-order valence-corrected chi connectivity index (χ1v) is 3.33. The predicted molar refractivity (Wildman–Crippen MR) is 40.3 cm³/mol. The summed E-state index contributed by atoms with van der Waals surface area (Å²) < 4.78 is 5.08. The first kappa shape index (κ1) is 9.40. The molecule has 0 aromatic heterocycles. The van der Waals surface area contributed by atoms with Crippen molar-refractivity contribution in [2.24, 2.45) is 0 Å². The molecular weight excluding hydrogens is 128 g/mol. The van der Waals surface area contributed by atoms with Crippen LogP contribution < -0.4 is 0 Å². The molecule has 0 saturated heterocycles. The Balaban J connectivity index is 2.89. The van der Waals surface area contributed by atoms with E-state index in [1.165, 1.54) is 0 Å². The molecule has 0 spiro atoms. The highest BCUT2D eigenvalue weighted by Crippen LogP contribution is 1.83. The van der Waals surface area contributed by atoms with Crippen LogP contribution in [0.25, 0.3) is 0 Å². The van der Waals surface area contributed by atoms with E-state index in [0.717, 1.165) is 6.42 Å². The van der Waals surface area contributed by atoms with E-state index in [9.17, 15) is 5.11 Å². The van der Waals surface area contributed by atoms with Crippen LogP contribution in [-0.4, -0.2) is 19.8 Å². The summed E-state index contributed by atoms with van der Waals surface area (Å²) in [4.78, 5) is 0. The zero-order valence-electron chi connectivity index (χ0n) is 6.08. The molecule has 10 heavy (non-hydrogen) atoms. The van der Waals surface area contributed by atoms with Crippen LogP contribution in [0.5, 0.6) is 0 Å². The van der Waals surface area contributed by atoms with E-state index in [2.05, 4.69) is 6.58 Å².